The molecule has 1 saturated heterocycles. The van der Waals surface area contributed by atoms with Crippen molar-refractivity contribution in [2.24, 2.45) is 17.6 Å². The number of hydrogen-bond donors (Lipinski definition) is 2. The van der Waals surface area contributed by atoms with Crippen LogP contribution in [0.5, 0.6) is 0 Å². The third-order valence-electron chi connectivity index (χ3n) is 5.83. The van der Waals surface area contributed by atoms with Gasteiger partial charge in [0.25, 0.3) is 0 Å². The molecule has 1 aromatic rings. The number of nitrogens with one attached hydrogen (secondary N) is 1. The van der Waals surface area contributed by atoms with Crippen molar-refractivity contribution in [3.63, 3.8) is 0 Å². The van der Waals surface area contributed by atoms with Gasteiger partial charge in [0.05, 0.1) is 6.54 Å². The van der Waals surface area contributed by atoms with Gasteiger partial charge in [0.2, 0.25) is 11.8 Å². The lowest BCUT2D eigenvalue weighted by Gasteiger charge is -2.32. The quantitative estimate of drug-likeness (QED) is 0.807. The smallest absolute Gasteiger partial charge is 0.241 e. The Labute approximate surface area is 168 Å². The molecule has 1 aliphatic carbocycles. The molecule has 2 unspecified atom stereocenters. The molecule has 0 radical (unpaired) electrons. The molecule has 0 bridgehead atoms. The second-order valence-electron chi connectivity index (χ2n) is 7.86. The summed E-state index contributed by atoms with van der Waals surface area (Å²) in [5.41, 5.74) is 7.32. The van der Waals surface area contributed by atoms with Gasteiger partial charge < -0.3 is 16.0 Å². The lowest BCUT2D eigenvalue weighted by atomic mass is 9.85. The number of piperidine rings is 1. The summed E-state index contributed by atoms with van der Waals surface area (Å²) in [6.45, 7) is 1.70. The molecule has 150 valence electrons. The molecule has 2 aliphatic rings. The average molecular weight is 394 g/mol. The predicted molar refractivity (Wildman–Crippen MR) is 110 cm³/mol. The van der Waals surface area contributed by atoms with Crippen LogP contribution in [0.1, 0.15) is 44.1 Å². The van der Waals surface area contributed by atoms with Crippen LogP contribution in [-0.2, 0) is 16.0 Å². The van der Waals surface area contributed by atoms with Crippen molar-refractivity contribution in [1.29, 1.82) is 0 Å². The summed E-state index contributed by atoms with van der Waals surface area (Å²) in [7, 11) is 0. The highest BCUT2D eigenvalue weighted by atomic mass is 35.5. The van der Waals surface area contributed by atoms with E-state index >= 15 is 0 Å². The van der Waals surface area contributed by atoms with Gasteiger partial charge in [-0.15, -0.1) is 12.4 Å². The number of amides is 2. The fourth-order valence-corrected chi connectivity index (χ4v) is 4.22. The lowest BCUT2D eigenvalue weighted by Crippen LogP contribution is -2.46. The van der Waals surface area contributed by atoms with E-state index in [0.29, 0.717) is 5.92 Å². The average Bonchev–Trinajstić information content (AvgIpc) is 2.67. The number of likely N-dealkylation sites (tertiary alicyclic amines) is 1. The van der Waals surface area contributed by atoms with Crippen LogP contribution in [-0.4, -0.2) is 42.4 Å². The largest absolute Gasteiger partial charge is 0.347 e. The first-order valence-electron chi connectivity index (χ1n) is 9.97. The van der Waals surface area contributed by atoms with Crippen LogP contribution < -0.4 is 11.1 Å². The molecule has 0 spiro atoms. The highest BCUT2D eigenvalue weighted by molar-refractivity contribution is 5.86. The zero-order valence-corrected chi connectivity index (χ0v) is 16.8. The Bertz CT molecular complexity index is 603. The van der Waals surface area contributed by atoms with E-state index in [2.05, 4.69) is 29.6 Å². The minimum absolute atomic E-state index is 0. The molecule has 1 heterocycles. The van der Waals surface area contributed by atoms with Crippen molar-refractivity contribution in [1.82, 2.24) is 10.2 Å². The van der Waals surface area contributed by atoms with E-state index in [1.54, 1.807) is 0 Å². The number of carbonyl (C=O) groups excluding carboxylic acids is 2. The number of carbonyl (C=O) groups is 2. The Morgan fingerprint density at radius 3 is 2.44 bits per heavy atom. The van der Waals surface area contributed by atoms with Crippen LogP contribution in [0.4, 0.5) is 0 Å². The molecule has 2 fully saturated rings. The Kier molecular flexibility index (Phi) is 8.58. The van der Waals surface area contributed by atoms with Crippen molar-refractivity contribution >= 4 is 24.2 Å². The molecule has 0 aromatic heterocycles. The molecule has 6 heteroatoms. The molecular formula is C21H32ClN3O2. The number of halogens is 1. The Hall–Kier alpha value is -1.59. The van der Waals surface area contributed by atoms with E-state index in [1.807, 2.05) is 11.0 Å². The first kappa shape index (κ1) is 21.7. The van der Waals surface area contributed by atoms with E-state index in [4.69, 9.17) is 5.73 Å². The molecule has 2 atom stereocenters. The van der Waals surface area contributed by atoms with Crippen LogP contribution in [0.3, 0.4) is 0 Å². The summed E-state index contributed by atoms with van der Waals surface area (Å²) in [4.78, 5) is 26.5. The van der Waals surface area contributed by atoms with Crippen LogP contribution in [0.2, 0.25) is 0 Å². The maximum Gasteiger partial charge on any atom is 0.241 e. The monoisotopic (exact) mass is 393 g/mol. The Morgan fingerprint density at radius 2 is 1.78 bits per heavy atom. The SMILES string of the molecule is Cl.NC1CCCC(C(=O)NCC(=O)N2CCC(Cc3ccccc3)CC2)C1. The molecule has 2 amide bonds. The van der Waals surface area contributed by atoms with Crippen LogP contribution in [0.15, 0.2) is 30.3 Å². The highest BCUT2D eigenvalue weighted by Crippen LogP contribution is 2.23. The van der Waals surface area contributed by atoms with Crippen molar-refractivity contribution in [2.75, 3.05) is 19.6 Å². The zero-order valence-electron chi connectivity index (χ0n) is 15.9. The number of nitrogens with two attached hydrogens (primary N) is 1. The van der Waals surface area contributed by atoms with Gasteiger partial charge in [-0.3, -0.25) is 9.59 Å². The summed E-state index contributed by atoms with van der Waals surface area (Å²) in [5, 5.41) is 2.84. The van der Waals surface area contributed by atoms with Crippen molar-refractivity contribution in [2.45, 2.75) is 51.0 Å². The topological polar surface area (TPSA) is 75.4 Å². The first-order chi connectivity index (χ1) is 12.6. The van der Waals surface area contributed by atoms with Crippen LogP contribution >= 0.6 is 12.4 Å². The first-order valence-corrected chi connectivity index (χ1v) is 9.97. The summed E-state index contributed by atoms with van der Waals surface area (Å²) >= 11 is 0. The number of nitrogens with zero attached hydrogens (tertiary/aromatic N) is 1. The standard InChI is InChI=1S/C21H31N3O2.ClH/c22-19-8-4-7-18(14-19)21(26)23-15-20(25)24-11-9-17(10-12-24)13-16-5-2-1-3-6-16;/h1-3,5-6,17-19H,4,7-15,22H2,(H,23,26);1H. The van der Waals surface area contributed by atoms with E-state index in [-0.39, 0.29) is 42.7 Å². The molecule has 1 saturated carbocycles. The van der Waals surface area contributed by atoms with Gasteiger partial charge in [0.1, 0.15) is 0 Å². The normalized spacial score (nSPS) is 23.4. The third-order valence-corrected chi connectivity index (χ3v) is 5.83. The molecular weight excluding hydrogens is 362 g/mol. The summed E-state index contributed by atoms with van der Waals surface area (Å²) in [6.07, 6.45) is 6.78. The fourth-order valence-electron chi connectivity index (χ4n) is 4.22. The molecule has 1 aliphatic heterocycles. The second-order valence-corrected chi connectivity index (χ2v) is 7.86. The van der Waals surface area contributed by atoms with Crippen molar-refractivity contribution in [3.05, 3.63) is 35.9 Å². The third kappa shape index (κ3) is 6.51. The summed E-state index contributed by atoms with van der Waals surface area (Å²) < 4.78 is 0. The van der Waals surface area contributed by atoms with E-state index in [9.17, 15) is 9.59 Å². The minimum atomic E-state index is -0.0249. The van der Waals surface area contributed by atoms with E-state index in [0.717, 1.165) is 58.0 Å². The van der Waals surface area contributed by atoms with Gasteiger partial charge >= 0.3 is 0 Å². The van der Waals surface area contributed by atoms with Gasteiger partial charge in [0, 0.05) is 25.0 Å². The second kappa shape index (κ2) is 10.7. The predicted octanol–water partition coefficient (Wildman–Crippen LogP) is 2.52. The summed E-state index contributed by atoms with van der Waals surface area (Å²) in [6, 6.07) is 10.7. The number of benzene rings is 1. The van der Waals surface area contributed by atoms with Gasteiger partial charge in [-0.2, -0.15) is 0 Å². The maximum absolute atomic E-state index is 12.4. The Balaban J connectivity index is 0.00000261. The number of rotatable bonds is 5. The van der Waals surface area contributed by atoms with Crippen molar-refractivity contribution < 1.29 is 9.59 Å². The van der Waals surface area contributed by atoms with Crippen LogP contribution in [0, 0.1) is 11.8 Å². The van der Waals surface area contributed by atoms with Gasteiger partial charge in [-0.05, 0) is 50.0 Å². The van der Waals surface area contributed by atoms with Gasteiger partial charge in [0.15, 0.2) is 0 Å². The van der Waals surface area contributed by atoms with Gasteiger partial charge in [-0.25, -0.2) is 0 Å². The van der Waals surface area contributed by atoms with E-state index < -0.39 is 0 Å². The molecule has 5 nitrogen and oxygen atoms in total. The van der Waals surface area contributed by atoms with E-state index in [1.165, 1.54) is 5.56 Å². The highest BCUT2D eigenvalue weighted by Gasteiger charge is 2.27. The molecule has 3 rings (SSSR count). The molecule has 3 N–H and O–H groups in total. The lowest BCUT2D eigenvalue weighted by molar-refractivity contribution is -0.135. The van der Waals surface area contributed by atoms with Gasteiger partial charge in [-0.1, -0.05) is 36.8 Å². The maximum atomic E-state index is 12.4. The fraction of sp³-hybridized carbons (Fsp3) is 0.619. The zero-order chi connectivity index (χ0) is 18.4. The Morgan fingerprint density at radius 1 is 1.07 bits per heavy atom. The summed E-state index contributed by atoms with van der Waals surface area (Å²) in [5.74, 6) is 0.645. The van der Waals surface area contributed by atoms with Crippen molar-refractivity contribution in [3.8, 4) is 0 Å². The van der Waals surface area contributed by atoms with Crippen LogP contribution in [0.25, 0.3) is 0 Å². The minimum Gasteiger partial charge on any atom is -0.347 e. The molecule has 1 aromatic carbocycles. The number of hydrogen-bond acceptors (Lipinski definition) is 3. The molecule has 27 heavy (non-hydrogen) atoms.